The van der Waals surface area contributed by atoms with Crippen molar-refractivity contribution >= 4 is 0 Å². The lowest BCUT2D eigenvalue weighted by atomic mass is 10.1. The molecule has 2 aromatic rings. The summed E-state index contributed by atoms with van der Waals surface area (Å²) in [6, 6.07) is 10.5. The topological polar surface area (TPSA) is 44.5 Å². The minimum Gasteiger partial charge on any atom is -0.496 e. The van der Waals surface area contributed by atoms with Gasteiger partial charge in [-0.25, -0.2) is 4.39 Å². The van der Waals surface area contributed by atoms with Gasteiger partial charge in [0.1, 0.15) is 23.9 Å². The Balaban J connectivity index is 2.21. The molecular formula is C16H18FNO2. The summed E-state index contributed by atoms with van der Waals surface area (Å²) in [5.74, 6) is 0.874. The van der Waals surface area contributed by atoms with Crippen molar-refractivity contribution in [3.05, 3.63) is 58.9 Å². The van der Waals surface area contributed by atoms with Gasteiger partial charge in [0.15, 0.2) is 0 Å². The van der Waals surface area contributed by atoms with Gasteiger partial charge >= 0.3 is 0 Å². The highest BCUT2D eigenvalue weighted by atomic mass is 19.1. The Kier molecular flexibility index (Phi) is 4.58. The molecule has 2 rings (SSSR count). The molecule has 0 aromatic heterocycles. The molecule has 0 unspecified atom stereocenters. The molecule has 0 bridgehead atoms. The fraction of sp³-hybridized carbons (Fsp3) is 0.250. The van der Waals surface area contributed by atoms with Gasteiger partial charge in [-0.15, -0.1) is 0 Å². The summed E-state index contributed by atoms with van der Waals surface area (Å²) in [6.07, 6.45) is 0. The predicted molar refractivity (Wildman–Crippen MR) is 76.4 cm³/mol. The molecule has 20 heavy (non-hydrogen) atoms. The average Bonchev–Trinajstić information content (AvgIpc) is 2.45. The molecule has 2 aromatic carbocycles. The smallest absolute Gasteiger partial charge is 0.131 e. The molecule has 0 heterocycles. The second-order valence-corrected chi connectivity index (χ2v) is 4.52. The van der Waals surface area contributed by atoms with Crippen LogP contribution >= 0.6 is 0 Å². The summed E-state index contributed by atoms with van der Waals surface area (Å²) in [7, 11) is 1.61. The Morgan fingerprint density at radius 3 is 2.65 bits per heavy atom. The Labute approximate surface area is 118 Å². The third-order valence-electron chi connectivity index (χ3n) is 3.10. The van der Waals surface area contributed by atoms with Gasteiger partial charge in [0, 0.05) is 17.7 Å². The van der Waals surface area contributed by atoms with Crippen molar-refractivity contribution < 1.29 is 13.9 Å². The Morgan fingerprint density at radius 2 is 1.95 bits per heavy atom. The monoisotopic (exact) mass is 275 g/mol. The molecule has 4 heteroatoms. The Bertz CT molecular complexity index is 597. The maximum Gasteiger partial charge on any atom is 0.131 e. The molecular weight excluding hydrogens is 257 g/mol. The van der Waals surface area contributed by atoms with Crippen LogP contribution in [0.2, 0.25) is 0 Å². The third kappa shape index (κ3) is 3.08. The van der Waals surface area contributed by atoms with Gasteiger partial charge < -0.3 is 15.2 Å². The first kappa shape index (κ1) is 14.3. The maximum atomic E-state index is 13.6. The van der Waals surface area contributed by atoms with E-state index in [1.807, 2.05) is 25.1 Å². The molecule has 0 spiro atoms. The number of methoxy groups -OCH3 is 1. The van der Waals surface area contributed by atoms with E-state index in [2.05, 4.69) is 0 Å². The highest BCUT2D eigenvalue weighted by Gasteiger charge is 2.09. The first-order valence-corrected chi connectivity index (χ1v) is 6.39. The Hall–Kier alpha value is -2.07. The van der Waals surface area contributed by atoms with Crippen LogP contribution in [0, 0.1) is 12.7 Å². The molecule has 0 fully saturated rings. The van der Waals surface area contributed by atoms with Crippen LogP contribution in [0.15, 0.2) is 36.4 Å². The molecule has 2 N–H and O–H groups in total. The molecule has 0 saturated heterocycles. The van der Waals surface area contributed by atoms with E-state index in [1.54, 1.807) is 19.2 Å². The number of halogens is 1. The van der Waals surface area contributed by atoms with E-state index in [0.29, 0.717) is 17.9 Å². The van der Waals surface area contributed by atoms with Crippen molar-refractivity contribution in [2.24, 2.45) is 5.73 Å². The number of hydrogen-bond donors (Lipinski definition) is 1. The summed E-state index contributed by atoms with van der Waals surface area (Å²) in [5, 5.41) is 0. The van der Waals surface area contributed by atoms with E-state index in [1.165, 1.54) is 6.07 Å². The van der Waals surface area contributed by atoms with Gasteiger partial charge in [-0.3, -0.25) is 0 Å². The lowest BCUT2D eigenvalue weighted by molar-refractivity contribution is 0.292. The van der Waals surface area contributed by atoms with Gasteiger partial charge in [-0.05, 0) is 31.2 Å². The number of hydrogen-bond acceptors (Lipinski definition) is 3. The van der Waals surface area contributed by atoms with E-state index in [9.17, 15) is 4.39 Å². The SMILES string of the molecule is COc1ccc(C)cc1COc1cccc(F)c1CN. The summed E-state index contributed by atoms with van der Waals surface area (Å²) in [5.41, 5.74) is 7.97. The minimum absolute atomic E-state index is 0.104. The van der Waals surface area contributed by atoms with Crippen molar-refractivity contribution in [3.63, 3.8) is 0 Å². The third-order valence-corrected chi connectivity index (χ3v) is 3.10. The van der Waals surface area contributed by atoms with Crippen molar-refractivity contribution in [1.82, 2.24) is 0 Å². The normalized spacial score (nSPS) is 10.4. The number of ether oxygens (including phenoxy) is 2. The van der Waals surface area contributed by atoms with Crippen LogP contribution in [0.5, 0.6) is 11.5 Å². The summed E-state index contributed by atoms with van der Waals surface area (Å²) >= 11 is 0. The minimum atomic E-state index is -0.346. The molecule has 0 amide bonds. The first-order chi connectivity index (χ1) is 9.65. The Morgan fingerprint density at radius 1 is 1.15 bits per heavy atom. The van der Waals surface area contributed by atoms with Crippen LogP contribution in [0.4, 0.5) is 4.39 Å². The highest BCUT2D eigenvalue weighted by Crippen LogP contribution is 2.25. The van der Waals surface area contributed by atoms with Crippen LogP contribution in [0.3, 0.4) is 0 Å². The van der Waals surface area contributed by atoms with Crippen LogP contribution < -0.4 is 15.2 Å². The second-order valence-electron chi connectivity index (χ2n) is 4.52. The van der Waals surface area contributed by atoms with Crippen molar-refractivity contribution in [2.75, 3.05) is 7.11 Å². The van der Waals surface area contributed by atoms with Crippen molar-refractivity contribution in [2.45, 2.75) is 20.1 Å². The number of aryl methyl sites for hydroxylation is 1. The first-order valence-electron chi connectivity index (χ1n) is 6.39. The molecule has 0 aliphatic rings. The molecule has 0 radical (unpaired) electrons. The second kappa shape index (κ2) is 6.39. The molecule has 106 valence electrons. The van der Waals surface area contributed by atoms with Crippen molar-refractivity contribution in [1.29, 1.82) is 0 Å². The lowest BCUT2D eigenvalue weighted by Gasteiger charge is -2.13. The van der Waals surface area contributed by atoms with Crippen LogP contribution in [-0.2, 0) is 13.2 Å². The summed E-state index contributed by atoms with van der Waals surface area (Å²) in [4.78, 5) is 0. The van der Waals surface area contributed by atoms with Gasteiger partial charge in [-0.2, -0.15) is 0 Å². The number of nitrogens with two attached hydrogens (primary N) is 1. The largest absolute Gasteiger partial charge is 0.496 e. The quantitative estimate of drug-likeness (QED) is 0.911. The van der Waals surface area contributed by atoms with Crippen molar-refractivity contribution in [3.8, 4) is 11.5 Å². The zero-order valence-electron chi connectivity index (χ0n) is 11.7. The summed E-state index contributed by atoms with van der Waals surface area (Å²) in [6.45, 7) is 2.41. The standard InChI is InChI=1S/C16H18FNO2/c1-11-6-7-15(19-2)12(8-11)10-20-16-5-3-4-14(17)13(16)9-18/h3-8H,9-10,18H2,1-2H3. The number of rotatable bonds is 5. The van der Waals surface area contributed by atoms with E-state index in [4.69, 9.17) is 15.2 Å². The van der Waals surface area contributed by atoms with Crippen LogP contribution in [0.1, 0.15) is 16.7 Å². The summed E-state index contributed by atoms with van der Waals surface area (Å²) < 4.78 is 24.6. The van der Waals surface area contributed by atoms with Gasteiger partial charge in [0.2, 0.25) is 0 Å². The average molecular weight is 275 g/mol. The molecule has 0 atom stereocenters. The van der Waals surface area contributed by atoms with E-state index >= 15 is 0 Å². The maximum absolute atomic E-state index is 13.6. The highest BCUT2D eigenvalue weighted by molar-refractivity contribution is 5.38. The fourth-order valence-electron chi connectivity index (χ4n) is 2.05. The van der Waals surface area contributed by atoms with Gasteiger partial charge in [-0.1, -0.05) is 17.7 Å². The zero-order chi connectivity index (χ0) is 14.5. The number of benzene rings is 2. The van der Waals surface area contributed by atoms with E-state index in [0.717, 1.165) is 16.9 Å². The zero-order valence-corrected chi connectivity index (χ0v) is 11.7. The molecule has 3 nitrogen and oxygen atoms in total. The van der Waals surface area contributed by atoms with E-state index in [-0.39, 0.29) is 12.4 Å². The fourth-order valence-corrected chi connectivity index (χ4v) is 2.05. The lowest BCUT2D eigenvalue weighted by Crippen LogP contribution is -2.06. The molecule has 0 aliphatic carbocycles. The predicted octanol–water partition coefficient (Wildman–Crippen LogP) is 3.18. The molecule has 0 saturated carbocycles. The van der Waals surface area contributed by atoms with E-state index < -0.39 is 0 Å². The van der Waals surface area contributed by atoms with Crippen LogP contribution in [0.25, 0.3) is 0 Å². The van der Waals surface area contributed by atoms with Crippen LogP contribution in [-0.4, -0.2) is 7.11 Å². The molecule has 0 aliphatic heterocycles. The van der Waals surface area contributed by atoms with Gasteiger partial charge in [0.05, 0.1) is 7.11 Å². The van der Waals surface area contributed by atoms with Gasteiger partial charge in [0.25, 0.3) is 0 Å².